The number of fused-ring (bicyclic) bond motifs is 3. The fourth-order valence-corrected chi connectivity index (χ4v) is 4.89. The molecule has 3 heterocycles. The summed E-state index contributed by atoms with van der Waals surface area (Å²) in [5, 5.41) is 8.40. The molecule has 0 saturated heterocycles. The van der Waals surface area contributed by atoms with Crippen LogP contribution in [0.1, 0.15) is 57.3 Å². The average Bonchev–Trinajstić information content (AvgIpc) is 3.13. The predicted octanol–water partition coefficient (Wildman–Crippen LogP) is 4.55. The Kier molecular flexibility index (Phi) is 4.14. The minimum Gasteiger partial charge on any atom is -0.220 e. The van der Waals surface area contributed by atoms with E-state index in [9.17, 15) is 0 Å². The molecule has 0 fully saturated rings. The molecule has 1 aliphatic rings. The maximum Gasteiger partial charge on any atom is 0.213 e. The van der Waals surface area contributed by atoms with Crippen molar-refractivity contribution in [2.24, 2.45) is 0 Å². The molecule has 134 valence electrons. The van der Waals surface area contributed by atoms with Crippen LogP contribution in [0.4, 0.5) is 0 Å². The van der Waals surface area contributed by atoms with Crippen molar-refractivity contribution in [1.29, 1.82) is 0 Å². The fraction of sp³-hybridized carbons (Fsp3) is 0.409. The molecule has 0 aliphatic carbocycles. The third kappa shape index (κ3) is 2.32. The number of hydrogen-bond donors (Lipinski definition) is 0. The Labute approximate surface area is 155 Å². The van der Waals surface area contributed by atoms with Gasteiger partial charge in [-0.15, -0.1) is 5.10 Å². The first-order chi connectivity index (χ1) is 12.6. The quantitative estimate of drug-likeness (QED) is 0.649. The SMILES string of the molecule is CCC1[n+]2ccccc2-c2cc(-n3cc(C)nn3)ccc2C1(CC)CC. The van der Waals surface area contributed by atoms with Gasteiger partial charge in [0.1, 0.15) is 0 Å². The molecule has 1 atom stereocenters. The van der Waals surface area contributed by atoms with E-state index in [1.807, 2.05) is 17.8 Å². The molecular weight excluding hydrogens is 320 g/mol. The Morgan fingerprint density at radius 3 is 2.58 bits per heavy atom. The molecule has 0 spiro atoms. The molecule has 1 aromatic carbocycles. The number of benzene rings is 1. The van der Waals surface area contributed by atoms with E-state index in [1.165, 1.54) is 16.8 Å². The van der Waals surface area contributed by atoms with Crippen LogP contribution >= 0.6 is 0 Å². The lowest BCUT2D eigenvalue weighted by molar-refractivity contribution is -0.725. The highest BCUT2D eigenvalue weighted by Crippen LogP contribution is 2.48. The van der Waals surface area contributed by atoms with Gasteiger partial charge in [-0.3, -0.25) is 0 Å². The van der Waals surface area contributed by atoms with Crippen LogP contribution in [0.2, 0.25) is 0 Å². The van der Waals surface area contributed by atoms with Gasteiger partial charge in [-0.05, 0) is 43.5 Å². The van der Waals surface area contributed by atoms with Gasteiger partial charge in [0.15, 0.2) is 12.2 Å². The molecule has 4 rings (SSSR count). The van der Waals surface area contributed by atoms with Crippen LogP contribution in [0.25, 0.3) is 16.9 Å². The molecule has 26 heavy (non-hydrogen) atoms. The Hall–Kier alpha value is -2.49. The van der Waals surface area contributed by atoms with Gasteiger partial charge in [0, 0.05) is 18.6 Å². The highest BCUT2D eigenvalue weighted by Gasteiger charge is 2.48. The lowest BCUT2D eigenvalue weighted by Crippen LogP contribution is -2.55. The molecule has 1 aliphatic heterocycles. The van der Waals surface area contributed by atoms with Gasteiger partial charge in [0.25, 0.3) is 0 Å². The normalized spacial score (nSPS) is 17.6. The second-order valence-corrected chi connectivity index (χ2v) is 7.31. The van der Waals surface area contributed by atoms with Crippen LogP contribution in [0, 0.1) is 6.92 Å². The number of aryl methyl sites for hydroxylation is 1. The molecule has 0 bridgehead atoms. The molecule has 1 unspecified atom stereocenters. The Morgan fingerprint density at radius 1 is 1.12 bits per heavy atom. The first-order valence-corrected chi connectivity index (χ1v) is 9.69. The Balaban J connectivity index is 1.99. The highest BCUT2D eigenvalue weighted by atomic mass is 15.4. The van der Waals surface area contributed by atoms with Crippen LogP contribution in [0.5, 0.6) is 0 Å². The summed E-state index contributed by atoms with van der Waals surface area (Å²) in [5.74, 6) is 0. The van der Waals surface area contributed by atoms with Crippen molar-refractivity contribution < 1.29 is 4.57 Å². The van der Waals surface area contributed by atoms with Gasteiger partial charge in [-0.1, -0.05) is 32.1 Å². The van der Waals surface area contributed by atoms with E-state index in [0.717, 1.165) is 30.6 Å². The van der Waals surface area contributed by atoms with E-state index in [0.29, 0.717) is 6.04 Å². The first-order valence-electron chi connectivity index (χ1n) is 9.69. The number of aromatic nitrogens is 4. The van der Waals surface area contributed by atoms with Crippen LogP contribution in [0.15, 0.2) is 48.8 Å². The van der Waals surface area contributed by atoms with Crippen LogP contribution < -0.4 is 4.57 Å². The molecule has 0 N–H and O–H groups in total. The third-order valence-corrected chi connectivity index (χ3v) is 6.20. The highest BCUT2D eigenvalue weighted by molar-refractivity contribution is 5.68. The van der Waals surface area contributed by atoms with Crippen molar-refractivity contribution >= 4 is 0 Å². The van der Waals surface area contributed by atoms with Gasteiger partial charge in [-0.25, -0.2) is 4.68 Å². The van der Waals surface area contributed by atoms with Gasteiger partial charge >= 0.3 is 0 Å². The summed E-state index contributed by atoms with van der Waals surface area (Å²) in [4.78, 5) is 0. The molecule has 3 aromatic rings. The zero-order valence-electron chi connectivity index (χ0n) is 16.1. The maximum absolute atomic E-state index is 4.26. The van der Waals surface area contributed by atoms with Crippen molar-refractivity contribution in [2.75, 3.05) is 0 Å². The van der Waals surface area contributed by atoms with Crippen molar-refractivity contribution in [3.8, 4) is 16.9 Å². The molecule has 4 nitrogen and oxygen atoms in total. The molecule has 0 amide bonds. The predicted molar refractivity (Wildman–Crippen MR) is 103 cm³/mol. The topological polar surface area (TPSA) is 34.6 Å². The monoisotopic (exact) mass is 347 g/mol. The van der Waals surface area contributed by atoms with Crippen molar-refractivity contribution in [2.45, 2.75) is 58.4 Å². The number of hydrogen-bond acceptors (Lipinski definition) is 2. The second kappa shape index (κ2) is 6.35. The van der Waals surface area contributed by atoms with Crippen LogP contribution in [0.3, 0.4) is 0 Å². The van der Waals surface area contributed by atoms with E-state index < -0.39 is 0 Å². The first kappa shape index (κ1) is 17.0. The summed E-state index contributed by atoms with van der Waals surface area (Å²) >= 11 is 0. The van der Waals surface area contributed by atoms with Gasteiger partial charge in [0.05, 0.1) is 28.6 Å². The average molecular weight is 347 g/mol. The molecular formula is C22H27N4+. The smallest absolute Gasteiger partial charge is 0.213 e. The van der Waals surface area contributed by atoms with Crippen molar-refractivity contribution in [3.63, 3.8) is 0 Å². The maximum atomic E-state index is 4.26. The standard InChI is InChI=1S/C22H27N4/c1-5-21-22(6-2,7-3)19-12-11-17(26-15-16(4)23-24-26)14-18(19)20-10-8-9-13-25(20)21/h8-15,21H,5-7H2,1-4H3/q+1. The zero-order valence-corrected chi connectivity index (χ0v) is 16.1. The van der Waals surface area contributed by atoms with Gasteiger partial charge < -0.3 is 0 Å². The largest absolute Gasteiger partial charge is 0.220 e. The van der Waals surface area contributed by atoms with E-state index in [1.54, 1.807) is 0 Å². The molecule has 0 saturated carbocycles. The Morgan fingerprint density at radius 2 is 1.92 bits per heavy atom. The summed E-state index contributed by atoms with van der Waals surface area (Å²) in [5.41, 5.74) is 6.26. The summed E-state index contributed by atoms with van der Waals surface area (Å²) in [7, 11) is 0. The van der Waals surface area contributed by atoms with Crippen LogP contribution in [-0.2, 0) is 5.41 Å². The van der Waals surface area contributed by atoms with E-state index >= 15 is 0 Å². The van der Waals surface area contributed by atoms with Crippen molar-refractivity contribution in [1.82, 2.24) is 15.0 Å². The summed E-state index contributed by atoms with van der Waals surface area (Å²) in [6, 6.07) is 13.8. The third-order valence-electron chi connectivity index (χ3n) is 6.20. The Bertz CT molecular complexity index is 937. The molecule has 0 radical (unpaired) electrons. The number of rotatable bonds is 4. The lowest BCUT2D eigenvalue weighted by Gasteiger charge is -2.41. The number of pyridine rings is 1. The minimum absolute atomic E-state index is 0.167. The second-order valence-electron chi connectivity index (χ2n) is 7.31. The molecule has 4 heteroatoms. The summed E-state index contributed by atoms with van der Waals surface area (Å²) in [6.07, 6.45) is 7.63. The van der Waals surface area contributed by atoms with E-state index in [2.05, 4.69) is 78.2 Å². The van der Waals surface area contributed by atoms with E-state index in [4.69, 9.17) is 0 Å². The lowest BCUT2D eigenvalue weighted by atomic mass is 9.65. The van der Waals surface area contributed by atoms with Crippen LogP contribution in [-0.4, -0.2) is 15.0 Å². The summed E-state index contributed by atoms with van der Waals surface area (Å²) < 4.78 is 4.36. The fourth-order valence-electron chi connectivity index (χ4n) is 4.89. The minimum atomic E-state index is 0.167. The van der Waals surface area contributed by atoms with Gasteiger partial charge in [-0.2, -0.15) is 4.57 Å². The number of nitrogens with zero attached hydrogens (tertiary/aromatic N) is 4. The summed E-state index contributed by atoms with van der Waals surface area (Å²) in [6.45, 7) is 8.95. The molecule has 2 aromatic heterocycles. The van der Waals surface area contributed by atoms with Gasteiger partial charge in [0.2, 0.25) is 5.69 Å². The van der Waals surface area contributed by atoms with E-state index in [-0.39, 0.29) is 5.41 Å². The van der Waals surface area contributed by atoms with Crippen molar-refractivity contribution in [3.05, 3.63) is 60.0 Å². The zero-order chi connectivity index (χ0) is 18.3.